The number of hydrogen-bond donors (Lipinski definition) is 1. The van der Waals surface area contributed by atoms with Crippen molar-refractivity contribution in [2.24, 2.45) is 0 Å². The molecule has 0 saturated heterocycles. The Morgan fingerprint density at radius 2 is 1.29 bits per heavy atom. The van der Waals surface area contributed by atoms with Gasteiger partial charge in [-0.25, -0.2) is 24.4 Å². The molecule has 0 aliphatic carbocycles. The third-order valence-corrected chi connectivity index (χ3v) is 3.67. The molecule has 2 heterocycles. The molecule has 0 spiro atoms. The molecule has 0 saturated carbocycles. The minimum atomic E-state index is -0.453. The highest BCUT2D eigenvalue weighted by Gasteiger charge is 2.16. The SMILES string of the molecule is CCOC(=O)c1c(C)nc(=O)[nH]c1C.CCOC(=O)c1c(C)nc(Cl)nc1C. The molecule has 0 aliphatic rings. The first-order valence-corrected chi connectivity index (χ1v) is 8.92. The van der Waals surface area contributed by atoms with Crippen LogP contribution in [0, 0.1) is 27.7 Å². The number of nitrogens with one attached hydrogen (secondary N) is 1. The molecule has 2 aromatic rings. The number of H-pyrrole nitrogens is 1. The van der Waals surface area contributed by atoms with Gasteiger partial charge < -0.3 is 14.5 Å². The van der Waals surface area contributed by atoms with Gasteiger partial charge in [0.2, 0.25) is 5.28 Å². The molecular formula is C18H23ClN4O5. The summed E-state index contributed by atoms with van der Waals surface area (Å²) in [7, 11) is 0. The van der Waals surface area contributed by atoms with Gasteiger partial charge in [-0.05, 0) is 53.1 Å². The first-order valence-electron chi connectivity index (χ1n) is 8.54. The summed E-state index contributed by atoms with van der Waals surface area (Å²) in [6.07, 6.45) is 0. The van der Waals surface area contributed by atoms with E-state index in [1.807, 2.05) is 0 Å². The Kier molecular flexibility index (Phi) is 8.72. The van der Waals surface area contributed by atoms with Crippen LogP contribution < -0.4 is 5.69 Å². The Bertz CT molecular complexity index is 877. The maximum Gasteiger partial charge on any atom is 0.345 e. The number of esters is 2. The van der Waals surface area contributed by atoms with Crippen molar-refractivity contribution < 1.29 is 19.1 Å². The molecule has 0 atom stereocenters. The second-order valence-electron chi connectivity index (χ2n) is 5.61. The van der Waals surface area contributed by atoms with Crippen molar-refractivity contribution in [3.05, 3.63) is 49.7 Å². The number of carbonyl (C=O) groups excluding carboxylic acids is 2. The fourth-order valence-corrected chi connectivity index (χ4v) is 2.66. The molecule has 2 aromatic heterocycles. The van der Waals surface area contributed by atoms with Crippen LogP contribution in [0.4, 0.5) is 0 Å². The predicted molar refractivity (Wildman–Crippen MR) is 103 cm³/mol. The van der Waals surface area contributed by atoms with E-state index in [1.54, 1.807) is 41.5 Å². The summed E-state index contributed by atoms with van der Waals surface area (Å²) in [5.74, 6) is -0.856. The van der Waals surface area contributed by atoms with Crippen molar-refractivity contribution in [2.45, 2.75) is 41.5 Å². The second kappa shape index (κ2) is 10.5. The average Bonchev–Trinajstić information content (AvgIpc) is 2.54. The van der Waals surface area contributed by atoms with Gasteiger partial charge in [-0.1, -0.05) is 0 Å². The van der Waals surface area contributed by atoms with Crippen LogP contribution in [0.2, 0.25) is 5.28 Å². The molecule has 0 fully saturated rings. The largest absolute Gasteiger partial charge is 0.462 e. The summed E-state index contributed by atoms with van der Waals surface area (Å²) >= 11 is 5.63. The van der Waals surface area contributed by atoms with Crippen LogP contribution in [0.1, 0.15) is 57.3 Å². The number of aromatic amines is 1. The van der Waals surface area contributed by atoms with Crippen LogP contribution in [0.25, 0.3) is 0 Å². The Balaban J connectivity index is 0.000000280. The number of hydrogen-bond acceptors (Lipinski definition) is 8. The van der Waals surface area contributed by atoms with Gasteiger partial charge in [-0.2, -0.15) is 4.98 Å². The Morgan fingerprint density at radius 3 is 1.71 bits per heavy atom. The molecule has 0 amide bonds. The third-order valence-electron chi connectivity index (χ3n) is 3.50. The van der Waals surface area contributed by atoms with Crippen molar-refractivity contribution in [3.63, 3.8) is 0 Å². The maximum absolute atomic E-state index is 11.5. The standard InChI is InChI=1S/C9H11ClN2O2.C9H12N2O3/c1-4-14-8(13)7-5(2)11-9(10)12-6(7)3;1-4-14-8(12)7-5(2)10-9(13)11-6(7)3/h4H2,1-3H3;4H2,1-3H3,(H,10,11,13). The summed E-state index contributed by atoms with van der Waals surface area (Å²) in [6, 6.07) is 0. The summed E-state index contributed by atoms with van der Waals surface area (Å²) < 4.78 is 9.70. The van der Waals surface area contributed by atoms with E-state index in [0.717, 1.165) is 0 Å². The van der Waals surface area contributed by atoms with E-state index >= 15 is 0 Å². The molecule has 0 unspecified atom stereocenters. The molecule has 1 N–H and O–H groups in total. The van der Waals surface area contributed by atoms with Crippen molar-refractivity contribution in [1.82, 2.24) is 19.9 Å². The van der Waals surface area contributed by atoms with Gasteiger partial charge >= 0.3 is 17.6 Å². The molecule has 0 bridgehead atoms. The van der Waals surface area contributed by atoms with Crippen molar-refractivity contribution in [2.75, 3.05) is 13.2 Å². The number of halogens is 1. The summed E-state index contributed by atoms with van der Waals surface area (Å²) in [5, 5.41) is 0.146. The second-order valence-corrected chi connectivity index (χ2v) is 5.94. The highest BCUT2D eigenvalue weighted by Crippen LogP contribution is 2.13. The Morgan fingerprint density at radius 1 is 0.857 bits per heavy atom. The van der Waals surface area contributed by atoms with E-state index in [1.165, 1.54) is 0 Å². The molecule has 28 heavy (non-hydrogen) atoms. The molecular weight excluding hydrogens is 388 g/mol. The van der Waals surface area contributed by atoms with Crippen LogP contribution >= 0.6 is 11.6 Å². The number of aryl methyl sites for hydroxylation is 4. The van der Waals surface area contributed by atoms with Gasteiger partial charge in [0.05, 0.1) is 30.3 Å². The van der Waals surface area contributed by atoms with Crippen LogP contribution in [-0.4, -0.2) is 45.1 Å². The van der Waals surface area contributed by atoms with Gasteiger partial charge in [0.15, 0.2) is 0 Å². The first kappa shape index (κ1) is 23.2. The number of ether oxygens (including phenoxy) is 2. The number of rotatable bonds is 4. The fourth-order valence-electron chi connectivity index (χ4n) is 2.41. The lowest BCUT2D eigenvalue weighted by Gasteiger charge is -2.07. The quantitative estimate of drug-likeness (QED) is 0.602. The number of nitrogens with zero attached hydrogens (tertiary/aromatic N) is 3. The minimum absolute atomic E-state index is 0.146. The van der Waals surface area contributed by atoms with Crippen molar-refractivity contribution in [3.8, 4) is 0 Å². The van der Waals surface area contributed by atoms with Gasteiger partial charge in [0.25, 0.3) is 0 Å². The smallest absolute Gasteiger partial charge is 0.345 e. The van der Waals surface area contributed by atoms with Crippen LogP contribution in [-0.2, 0) is 9.47 Å². The highest BCUT2D eigenvalue weighted by atomic mass is 35.5. The number of carbonyl (C=O) groups is 2. The van der Waals surface area contributed by atoms with E-state index in [0.29, 0.717) is 47.1 Å². The lowest BCUT2D eigenvalue weighted by Crippen LogP contribution is -2.19. The zero-order chi connectivity index (χ0) is 21.4. The monoisotopic (exact) mass is 410 g/mol. The van der Waals surface area contributed by atoms with Gasteiger partial charge in [0.1, 0.15) is 11.1 Å². The molecule has 0 aliphatic heterocycles. The number of aromatic nitrogens is 4. The maximum atomic E-state index is 11.5. The van der Waals surface area contributed by atoms with E-state index < -0.39 is 17.6 Å². The van der Waals surface area contributed by atoms with E-state index in [-0.39, 0.29) is 5.28 Å². The van der Waals surface area contributed by atoms with E-state index in [2.05, 4.69) is 19.9 Å². The zero-order valence-electron chi connectivity index (χ0n) is 16.7. The van der Waals surface area contributed by atoms with Crippen molar-refractivity contribution in [1.29, 1.82) is 0 Å². The normalized spacial score (nSPS) is 9.96. The van der Waals surface area contributed by atoms with Crippen LogP contribution in [0.3, 0.4) is 0 Å². The summed E-state index contributed by atoms with van der Waals surface area (Å²) in [5.41, 5.74) is 2.25. The van der Waals surface area contributed by atoms with E-state index in [9.17, 15) is 14.4 Å². The topological polar surface area (TPSA) is 124 Å². The first-order chi connectivity index (χ1) is 13.1. The lowest BCUT2D eigenvalue weighted by molar-refractivity contribution is 0.0513. The average molecular weight is 411 g/mol. The molecule has 152 valence electrons. The third kappa shape index (κ3) is 6.12. The highest BCUT2D eigenvalue weighted by molar-refractivity contribution is 6.28. The van der Waals surface area contributed by atoms with Crippen LogP contribution in [0.15, 0.2) is 4.79 Å². The van der Waals surface area contributed by atoms with E-state index in [4.69, 9.17) is 21.1 Å². The molecule has 9 nitrogen and oxygen atoms in total. The molecule has 10 heteroatoms. The van der Waals surface area contributed by atoms with Gasteiger partial charge in [-0.3, -0.25) is 0 Å². The predicted octanol–water partition coefficient (Wildman–Crippen LogP) is 2.49. The summed E-state index contributed by atoms with van der Waals surface area (Å²) in [4.78, 5) is 47.7. The molecule has 0 aromatic carbocycles. The Hall–Kier alpha value is -2.81. The molecule has 2 rings (SSSR count). The van der Waals surface area contributed by atoms with Crippen LogP contribution in [0.5, 0.6) is 0 Å². The minimum Gasteiger partial charge on any atom is -0.462 e. The van der Waals surface area contributed by atoms with Gasteiger partial charge in [-0.15, -0.1) is 0 Å². The molecule has 0 radical (unpaired) electrons. The van der Waals surface area contributed by atoms with Crippen molar-refractivity contribution >= 4 is 23.5 Å². The Labute approximate surface area is 167 Å². The fraction of sp³-hybridized carbons (Fsp3) is 0.444. The van der Waals surface area contributed by atoms with Gasteiger partial charge in [0, 0.05) is 5.69 Å². The zero-order valence-corrected chi connectivity index (χ0v) is 17.4. The lowest BCUT2D eigenvalue weighted by atomic mass is 10.2. The summed E-state index contributed by atoms with van der Waals surface area (Å²) in [6.45, 7) is 10.8.